The minimum absolute atomic E-state index is 0.0356. The van der Waals surface area contributed by atoms with Gasteiger partial charge in [-0.25, -0.2) is 8.42 Å². The van der Waals surface area contributed by atoms with Crippen LogP contribution in [0, 0.1) is 0 Å². The molecule has 0 saturated carbocycles. The van der Waals surface area contributed by atoms with Gasteiger partial charge < -0.3 is 5.32 Å². The van der Waals surface area contributed by atoms with Gasteiger partial charge in [0.2, 0.25) is 15.9 Å². The first-order valence-corrected chi connectivity index (χ1v) is 10.1. The molecule has 1 N–H and O–H groups in total. The molecule has 6 nitrogen and oxygen atoms in total. The predicted octanol–water partition coefficient (Wildman–Crippen LogP) is 2.81. The highest BCUT2D eigenvalue weighted by molar-refractivity contribution is 7.89. The van der Waals surface area contributed by atoms with Gasteiger partial charge in [0.05, 0.1) is 12.1 Å². The molecule has 2 rings (SSSR count). The predicted molar refractivity (Wildman–Crippen MR) is 102 cm³/mol. The molecule has 0 bridgehead atoms. The van der Waals surface area contributed by atoms with Crippen LogP contribution in [0.15, 0.2) is 53.7 Å². The fourth-order valence-corrected chi connectivity index (χ4v) is 3.65. The van der Waals surface area contributed by atoms with E-state index < -0.39 is 39.6 Å². The van der Waals surface area contributed by atoms with Gasteiger partial charge in [-0.15, -0.1) is 0 Å². The fraction of sp³-hybridized carbons (Fsp3) is 0.368. The van der Waals surface area contributed by atoms with Gasteiger partial charge in [0.25, 0.3) is 0 Å². The van der Waals surface area contributed by atoms with E-state index in [-0.39, 0.29) is 11.4 Å². The largest absolute Gasteiger partial charge is 0.416 e. The highest BCUT2D eigenvalue weighted by atomic mass is 32.2. The summed E-state index contributed by atoms with van der Waals surface area (Å²) in [7, 11) is -2.61. The molecule has 0 aliphatic heterocycles. The quantitative estimate of drug-likeness (QED) is 0.734. The zero-order valence-electron chi connectivity index (χ0n) is 16.2. The van der Waals surface area contributed by atoms with E-state index in [0.29, 0.717) is 5.56 Å². The second-order valence-corrected chi connectivity index (χ2v) is 9.23. The van der Waals surface area contributed by atoms with Crippen molar-refractivity contribution in [3.05, 3.63) is 59.9 Å². The zero-order valence-corrected chi connectivity index (χ0v) is 17.0. The Hall–Kier alpha value is -2.46. The van der Waals surface area contributed by atoms with Crippen LogP contribution in [0.4, 0.5) is 13.2 Å². The molecule has 0 radical (unpaired) electrons. The van der Waals surface area contributed by atoms with Crippen molar-refractivity contribution in [3.63, 3.8) is 0 Å². The summed E-state index contributed by atoms with van der Waals surface area (Å²) in [6.07, 6.45) is -1.85. The minimum Gasteiger partial charge on any atom is -0.354 e. The molecule has 0 saturated heterocycles. The molecule has 158 valence electrons. The van der Waals surface area contributed by atoms with Gasteiger partial charge in [-0.2, -0.15) is 17.5 Å². The summed E-state index contributed by atoms with van der Waals surface area (Å²) in [5.41, 5.74) is -1.15. The summed E-state index contributed by atoms with van der Waals surface area (Å²) in [6.45, 7) is 2.99. The van der Waals surface area contributed by atoms with Crippen LogP contribution in [0.25, 0.3) is 0 Å². The van der Waals surface area contributed by atoms with E-state index >= 15 is 0 Å². The lowest BCUT2D eigenvalue weighted by molar-refractivity contribution is -0.137. The summed E-state index contributed by atoms with van der Waals surface area (Å²) in [5.74, 6) is -0.569. The monoisotopic (exact) mass is 429 g/mol. The average molecular weight is 429 g/mol. The molecule has 0 atom stereocenters. The van der Waals surface area contributed by atoms with Crippen LogP contribution < -0.4 is 5.32 Å². The summed E-state index contributed by atoms with van der Waals surface area (Å²) < 4.78 is 64.5. The number of likely N-dealkylation sites (N-methyl/N-ethyl adjacent to an activating group) is 1. The molecule has 0 spiro atoms. The third kappa shape index (κ3) is 5.77. The van der Waals surface area contributed by atoms with E-state index in [4.69, 9.17) is 0 Å². The molecule has 1 amide bonds. The van der Waals surface area contributed by atoms with Gasteiger partial charge >= 0.3 is 6.18 Å². The molecule has 1 aromatic heterocycles. The maximum Gasteiger partial charge on any atom is 0.416 e. The van der Waals surface area contributed by atoms with Crippen molar-refractivity contribution in [3.8, 4) is 0 Å². The maximum absolute atomic E-state index is 12.9. The Balaban J connectivity index is 2.03. The third-order valence-corrected chi connectivity index (χ3v) is 6.19. The Morgan fingerprint density at radius 2 is 1.79 bits per heavy atom. The number of benzene rings is 1. The first-order valence-electron chi connectivity index (χ1n) is 8.65. The number of amides is 1. The molecule has 10 heteroatoms. The van der Waals surface area contributed by atoms with E-state index in [1.807, 2.05) is 0 Å². The van der Waals surface area contributed by atoms with Crippen LogP contribution in [0.5, 0.6) is 0 Å². The molecule has 1 aromatic carbocycles. The maximum atomic E-state index is 12.9. The molecule has 0 fully saturated rings. The third-order valence-electron chi connectivity index (χ3n) is 4.41. The molecule has 0 unspecified atom stereocenters. The van der Waals surface area contributed by atoms with Crippen molar-refractivity contribution in [1.29, 1.82) is 0 Å². The number of alkyl halides is 3. The number of halogens is 3. The summed E-state index contributed by atoms with van der Waals surface area (Å²) in [5, 5.41) is 2.59. The Kier molecular flexibility index (Phi) is 6.69. The molecule has 1 heterocycles. The molecule has 0 aliphatic carbocycles. The number of hydrogen-bond donors (Lipinski definition) is 1. The Bertz CT molecular complexity index is 961. The van der Waals surface area contributed by atoms with Crippen molar-refractivity contribution in [2.75, 3.05) is 20.1 Å². The summed E-state index contributed by atoms with van der Waals surface area (Å²) >= 11 is 0. The number of aromatic nitrogens is 1. The SMILES string of the molecule is CN(CC(=O)NCC(C)(C)c1cccc(C(F)(F)F)c1)S(=O)(=O)c1cccnc1. The van der Waals surface area contributed by atoms with Gasteiger partial charge in [0.1, 0.15) is 4.90 Å². The van der Waals surface area contributed by atoms with Crippen LogP contribution in [-0.4, -0.2) is 43.8 Å². The number of pyridine rings is 1. The second-order valence-electron chi connectivity index (χ2n) is 7.19. The Labute approximate surface area is 167 Å². The van der Waals surface area contributed by atoms with Crippen LogP contribution in [-0.2, 0) is 26.4 Å². The second kappa shape index (κ2) is 8.50. The topological polar surface area (TPSA) is 79.4 Å². The molecular formula is C19H22F3N3O3S. The van der Waals surface area contributed by atoms with E-state index in [1.54, 1.807) is 19.9 Å². The number of hydrogen-bond acceptors (Lipinski definition) is 4. The van der Waals surface area contributed by atoms with Crippen molar-refractivity contribution in [2.24, 2.45) is 0 Å². The van der Waals surface area contributed by atoms with Crippen LogP contribution in [0.1, 0.15) is 25.0 Å². The van der Waals surface area contributed by atoms with E-state index in [2.05, 4.69) is 10.3 Å². The van der Waals surface area contributed by atoms with Gasteiger partial charge in [-0.1, -0.05) is 32.0 Å². The van der Waals surface area contributed by atoms with Gasteiger partial charge in [-0.05, 0) is 23.8 Å². The number of nitrogens with zero attached hydrogens (tertiary/aromatic N) is 2. The van der Waals surface area contributed by atoms with Crippen LogP contribution in [0.3, 0.4) is 0 Å². The molecular weight excluding hydrogens is 407 g/mol. The number of sulfonamides is 1. The number of carbonyl (C=O) groups excluding carboxylic acids is 1. The average Bonchev–Trinajstić information content (AvgIpc) is 2.66. The molecule has 2 aromatic rings. The zero-order chi connectivity index (χ0) is 21.9. The van der Waals surface area contributed by atoms with Crippen LogP contribution >= 0.6 is 0 Å². The van der Waals surface area contributed by atoms with E-state index in [0.717, 1.165) is 16.4 Å². The van der Waals surface area contributed by atoms with Crippen molar-refractivity contribution >= 4 is 15.9 Å². The number of carbonyl (C=O) groups is 1. The normalized spacial score (nSPS) is 12.8. The highest BCUT2D eigenvalue weighted by Crippen LogP contribution is 2.32. The molecule has 0 aliphatic rings. The lowest BCUT2D eigenvalue weighted by Crippen LogP contribution is -2.42. The fourth-order valence-electron chi connectivity index (χ4n) is 2.56. The van der Waals surface area contributed by atoms with Gasteiger partial charge in [-0.3, -0.25) is 9.78 Å². The van der Waals surface area contributed by atoms with Gasteiger partial charge in [0, 0.05) is 31.4 Å². The van der Waals surface area contributed by atoms with Crippen molar-refractivity contribution in [2.45, 2.75) is 30.3 Å². The van der Waals surface area contributed by atoms with Gasteiger partial charge in [0.15, 0.2) is 0 Å². The minimum atomic E-state index is -4.46. The Morgan fingerprint density at radius 3 is 2.38 bits per heavy atom. The van der Waals surface area contributed by atoms with E-state index in [1.165, 1.54) is 37.6 Å². The van der Waals surface area contributed by atoms with Crippen molar-refractivity contribution in [1.82, 2.24) is 14.6 Å². The first kappa shape index (κ1) is 22.8. The lowest BCUT2D eigenvalue weighted by Gasteiger charge is -2.27. The number of nitrogens with one attached hydrogen (secondary N) is 1. The standard InChI is InChI=1S/C19H22F3N3O3S/c1-18(2,14-6-4-7-15(10-14)19(20,21)22)13-24-17(26)12-25(3)29(27,28)16-8-5-9-23-11-16/h4-11H,12-13H2,1-3H3,(H,24,26). The summed E-state index contributed by atoms with van der Waals surface area (Å²) in [4.78, 5) is 15.9. The van der Waals surface area contributed by atoms with Crippen molar-refractivity contribution < 1.29 is 26.4 Å². The highest BCUT2D eigenvalue weighted by Gasteiger charge is 2.32. The number of rotatable bonds is 7. The van der Waals surface area contributed by atoms with E-state index in [9.17, 15) is 26.4 Å². The summed E-state index contributed by atoms with van der Waals surface area (Å²) in [6, 6.07) is 7.74. The molecule has 29 heavy (non-hydrogen) atoms. The van der Waals surface area contributed by atoms with Crippen LogP contribution in [0.2, 0.25) is 0 Å². The Morgan fingerprint density at radius 1 is 1.14 bits per heavy atom. The first-order chi connectivity index (χ1) is 13.3. The lowest BCUT2D eigenvalue weighted by atomic mass is 9.83. The smallest absolute Gasteiger partial charge is 0.354 e.